The van der Waals surface area contributed by atoms with E-state index in [1.807, 2.05) is 12.1 Å². The molecular weight excluding hydrogens is 229 g/mol. The van der Waals surface area contributed by atoms with Gasteiger partial charge in [0.2, 0.25) is 0 Å². The zero-order chi connectivity index (χ0) is 12.0. The van der Waals surface area contributed by atoms with Crippen molar-refractivity contribution in [1.29, 1.82) is 0 Å². The number of halogens is 3. The Labute approximate surface area is 94.3 Å². The summed E-state index contributed by atoms with van der Waals surface area (Å²) in [5.41, 5.74) is -0.399. The molecule has 0 fully saturated rings. The molecule has 0 aliphatic heterocycles. The van der Waals surface area contributed by atoms with Crippen LogP contribution >= 0.6 is 0 Å². The Kier molecular flexibility index (Phi) is 1.92. The van der Waals surface area contributed by atoms with Gasteiger partial charge >= 0.3 is 6.18 Å². The van der Waals surface area contributed by atoms with E-state index in [0.717, 1.165) is 16.8 Å². The highest BCUT2D eigenvalue weighted by Crippen LogP contribution is 2.30. The van der Waals surface area contributed by atoms with Crippen LogP contribution in [0, 0.1) is 0 Å². The third kappa shape index (κ3) is 1.54. The number of pyridine rings is 1. The van der Waals surface area contributed by atoms with Gasteiger partial charge in [0, 0.05) is 11.6 Å². The lowest BCUT2D eigenvalue weighted by atomic mass is 10.1. The standard InChI is InChI=1S/C12H7F3N2/c13-12(14,15)11-7-10-9-4-2-1-3-8(9)5-6-17(10)16-11/h1-7H. The molecule has 86 valence electrons. The summed E-state index contributed by atoms with van der Waals surface area (Å²) < 4.78 is 38.9. The van der Waals surface area contributed by atoms with Crippen LogP contribution in [-0.2, 0) is 6.18 Å². The summed E-state index contributed by atoms with van der Waals surface area (Å²) in [4.78, 5) is 0. The van der Waals surface area contributed by atoms with Gasteiger partial charge in [-0.1, -0.05) is 24.3 Å². The fraction of sp³-hybridized carbons (Fsp3) is 0.0833. The van der Waals surface area contributed by atoms with Crippen molar-refractivity contribution in [2.75, 3.05) is 0 Å². The van der Waals surface area contributed by atoms with Crippen LogP contribution in [0.2, 0.25) is 0 Å². The van der Waals surface area contributed by atoms with Crippen molar-refractivity contribution in [3.05, 3.63) is 48.3 Å². The van der Waals surface area contributed by atoms with Gasteiger partial charge in [0.25, 0.3) is 0 Å². The lowest BCUT2D eigenvalue weighted by Crippen LogP contribution is -2.05. The van der Waals surface area contributed by atoms with E-state index in [-0.39, 0.29) is 0 Å². The Bertz CT molecular complexity index is 698. The lowest BCUT2D eigenvalue weighted by molar-refractivity contribution is -0.141. The maximum absolute atomic E-state index is 12.6. The van der Waals surface area contributed by atoms with Gasteiger partial charge in [-0.2, -0.15) is 18.3 Å². The molecule has 2 heterocycles. The first kappa shape index (κ1) is 10.1. The number of nitrogens with zero attached hydrogens (tertiary/aromatic N) is 2. The topological polar surface area (TPSA) is 17.3 Å². The maximum Gasteiger partial charge on any atom is 0.435 e. The predicted molar refractivity (Wildman–Crippen MR) is 57.7 cm³/mol. The molecule has 0 aliphatic carbocycles. The van der Waals surface area contributed by atoms with E-state index in [9.17, 15) is 13.2 Å². The van der Waals surface area contributed by atoms with Crippen LogP contribution in [0.3, 0.4) is 0 Å². The Morgan fingerprint density at radius 1 is 1.06 bits per heavy atom. The molecule has 0 unspecified atom stereocenters. The minimum atomic E-state index is -4.41. The molecule has 1 aromatic carbocycles. The zero-order valence-electron chi connectivity index (χ0n) is 8.57. The van der Waals surface area contributed by atoms with Crippen LogP contribution in [0.5, 0.6) is 0 Å². The Morgan fingerprint density at radius 2 is 1.82 bits per heavy atom. The first-order chi connectivity index (χ1) is 8.05. The highest BCUT2D eigenvalue weighted by atomic mass is 19.4. The van der Waals surface area contributed by atoms with Gasteiger partial charge in [-0.25, -0.2) is 4.52 Å². The van der Waals surface area contributed by atoms with E-state index in [4.69, 9.17) is 0 Å². The Morgan fingerprint density at radius 3 is 2.59 bits per heavy atom. The first-order valence-corrected chi connectivity index (χ1v) is 5.00. The fourth-order valence-electron chi connectivity index (χ4n) is 1.87. The third-order valence-electron chi connectivity index (χ3n) is 2.66. The van der Waals surface area contributed by atoms with Gasteiger partial charge < -0.3 is 0 Å². The Balaban J connectivity index is 2.39. The average Bonchev–Trinajstić information content (AvgIpc) is 2.72. The van der Waals surface area contributed by atoms with Crippen molar-refractivity contribution in [3.63, 3.8) is 0 Å². The second-order valence-corrected chi connectivity index (χ2v) is 3.76. The minimum Gasteiger partial charge on any atom is -0.240 e. The number of benzene rings is 1. The summed E-state index contributed by atoms with van der Waals surface area (Å²) >= 11 is 0. The number of aromatic nitrogens is 2. The molecule has 0 spiro atoms. The van der Waals surface area contributed by atoms with Gasteiger partial charge in [-0.05, 0) is 17.5 Å². The molecule has 5 heteroatoms. The average molecular weight is 236 g/mol. The quantitative estimate of drug-likeness (QED) is 0.583. The monoisotopic (exact) mass is 236 g/mol. The molecule has 0 bridgehead atoms. The normalized spacial score (nSPS) is 12.4. The van der Waals surface area contributed by atoms with Crippen LogP contribution in [0.1, 0.15) is 5.69 Å². The van der Waals surface area contributed by atoms with Crippen molar-refractivity contribution in [2.24, 2.45) is 0 Å². The third-order valence-corrected chi connectivity index (χ3v) is 2.66. The molecule has 0 saturated carbocycles. The predicted octanol–water partition coefficient (Wildman–Crippen LogP) is 3.51. The molecule has 2 nitrogen and oxygen atoms in total. The van der Waals surface area contributed by atoms with E-state index < -0.39 is 11.9 Å². The second-order valence-electron chi connectivity index (χ2n) is 3.76. The largest absolute Gasteiger partial charge is 0.435 e. The number of hydrogen-bond donors (Lipinski definition) is 0. The van der Waals surface area contributed by atoms with E-state index in [0.29, 0.717) is 5.52 Å². The van der Waals surface area contributed by atoms with E-state index >= 15 is 0 Å². The van der Waals surface area contributed by atoms with Gasteiger partial charge in [0.15, 0.2) is 5.69 Å². The van der Waals surface area contributed by atoms with E-state index in [2.05, 4.69) is 5.10 Å². The summed E-state index contributed by atoms with van der Waals surface area (Å²) in [6.07, 6.45) is -2.87. The van der Waals surface area contributed by atoms with Crippen LogP contribution < -0.4 is 0 Å². The fourth-order valence-corrected chi connectivity index (χ4v) is 1.87. The molecule has 0 N–H and O–H groups in total. The van der Waals surface area contributed by atoms with E-state index in [1.165, 1.54) is 10.7 Å². The van der Waals surface area contributed by atoms with Crippen LogP contribution in [0.15, 0.2) is 42.6 Å². The number of rotatable bonds is 0. The van der Waals surface area contributed by atoms with E-state index in [1.54, 1.807) is 18.2 Å². The molecule has 3 aromatic rings. The molecule has 0 saturated heterocycles. The minimum absolute atomic E-state index is 0.468. The summed E-state index contributed by atoms with van der Waals surface area (Å²) in [6, 6.07) is 10.1. The summed E-state index contributed by atoms with van der Waals surface area (Å²) in [7, 11) is 0. The summed E-state index contributed by atoms with van der Waals surface area (Å²) in [5, 5.41) is 5.18. The molecule has 0 atom stereocenters. The second kappa shape index (κ2) is 3.23. The van der Waals surface area contributed by atoms with Gasteiger partial charge in [0.1, 0.15) is 0 Å². The smallest absolute Gasteiger partial charge is 0.240 e. The van der Waals surface area contributed by atoms with Crippen LogP contribution in [0.25, 0.3) is 16.3 Å². The van der Waals surface area contributed by atoms with Crippen molar-refractivity contribution >= 4 is 16.3 Å². The molecule has 17 heavy (non-hydrogen) atoms. The first-order valence-electron chi connectivity index (χ1n) is 5.00. The van der Waals surface area contributed by atoms with Crippen LogP contribution in [0.4, 0.5) is 13.2 Å². The van der Waals surface area contributed by atoms with Crippen molar-refractivity contribution in [2.45, 2.75) is 6.18 Å². The highest BCUT2D eigenvalue weighted by Gasteiger charge is 2.34. The number of fused-ring (bicyclic) bond motifs is 3. The molecule has 2 aromatic heterocycles. The number of hydrogen-bond acceptors (Lipinski definition) is 1. The van der Waals surface area contributed by atoms with Gasteiger partial charge in [0.05, 0.1) is 5.52 Å². The highest BCUT2D eigenvalue weighted by molar-refractivity contribution is 5.95. The SMILES string of the molecule is FC(F)(F)c1cc2c3ccccc3ccn2n1. The summed E-state index contributed by atoms with van der Waals surface area (Å²) in [6.45, 7) is 0. The lowest BCUT2D eigenvalue weighted by Gasteiger charge is -1.99. The zero-order valence-corrected chi connectivity index (χ0v) is 8.57. The van der Waals surface area contributed by atoms with Crippen LogP contribution in [-0.4, -0.2) is 9.61 Å². The number of alkyl halides is 3. The molecular formula is C12H7F3N2. The maximum atomic E-state index is 12.6. The molecule has 0 radical (unpaired) electrons. The molecule has 3 rings (SSSR count). The van der Waals surface area contributed by atoms with Crippen molar-refractivity contribution in [1.82, 2.24) is 9.61 Å². The molecule has 0 aliphatic rings. The van der Waals surface area contributed by atoms with Gasteiger partial charge in [-0.15, -0.1) is 0 Å². The Hall–Kier alpha value is -2.04. The van der Waals surface area contributed by atoms with Gasteiger partial charge in [-0.3, -0.25) is 0 Å². The van der Waals surface area contributed by atoms with Crippen molar-refractivity contribution in [3.8, 4) is 0 Å². The molecule has 0 amide bonds. The summed E-state index contributed by atoms with van der Waals surface area (Å²) in [5.74, 6) is 0. The van der Waals surface area contributed by atoms with Crippen molar-refractivity contribution < 1.29 is 13.2 Å².